The van der Waals surface area contributed by atoms with E-state index in [-0.39, 0.29) is 47.7 Å². The number of benzene rings is 1. The van der Waals surface area contributed by atoms with Gasteiger partial charge in [0.2, 0.25) is 11.8 Å². The number of alkyl carbamates (subject to hydrolysis) is 1. The maximum Gasteiger partial charge on any atom is 0.407 e. The average Bonchev–Trinajstić information content (AvgIpc) is 3.19. The highest BCUT2D eigenvalue weighted by Crippen LogP contribution is 2.24. The van der Waals surface area contributed by atoms with Gasteiger partial charge in [0.1, 0.15) is 28.7 Å². The van der Waals surface area contributed by atoms with Crippen molar-refractivity contribution < 1.29 is 23.9 Å². The molecular formula is C25H29N7O6. The second kappa shape index (κ2) is 10.1. The molecule has 4 amide bonds. The fourth-order valence-electron chi connectivity index (χ4n) is 4.21. The first-order valence-electron chi connectivity index (χ1n) is 12.0. The average molecular weight is 524 g/mol. The van der Waals surface area contributed by atoms with Gasteiger partial charge in [0.05, 0.1) is 23.3 Å². The van der Waals surface area contributed by atoms with Gasteiger partial charge in [0.25, 0.3) is 11.5 Å². The topological polar surface area (TPSA) is 166 Å². The Balaban J connectivity index is 1.57. The molecule has 1 fully saturated rings. The largest absolute Gasteiger partial charge is 0.444 e. The Kier molecular flexibility index (Phi) is 7.03. The van der Waals surface area contributed by atoms with Crippen molar-refractivity contribution in [3.8, 4) is 0 Å². The molecule has 3 aromatic rings. The molecule has 3 N–H and O–H groups in total. The van der Waals surface area contributed by atoms with Gasteiger partial charge in [-0.1, -0.05) is 6.07 Å². The molecule has 0 radical (unpaired) electrons. The van der Waals surface area contributed by atoms with Gasteiger partial charge in [-0.25, -0.2) is 9.78 Å². The van der Waals surface area contributed by atoms with Crippen molar-refractivity contribution in [2.45, 2.75) is 58.7 Å². The Morgan fingerprint density at radius 3 is 2.63 bits per heavy atom. The van der Waals surface area contributed by atoms with Gasteiger partial charge in [0, 0.05) is 13.5 Å². The van der Waals surface area contributed by atoms with Gasteiger partial charge in [-0.2, -0.15) is 5.10 Å². The fraction of sp³-hybridized carbons (Fsp3) is 0.400. The number of nitrogens with one attached hydrogen (secondary N) is 3. The molecule has 200 valence electrons. The van der Waals surface area contributed by atoms with Crippen LogP contribution in [0.2, 0.25) is 0 Å². The number of rotatable bonds is 5. The number of piperidine rings is 1. The third kappa shape index (κ3) is 5.56. The molecule has 1 unspecified atom stereocenters. The second-order valence-corrected chi connectivity index (χ2v) is 9.96. The number of anilines is 1. The molecule has 2 aromatic heterocycles. The number of aryl methyl sites for hydroxylation is 2. The van der Waals surface area contributed by atoms with Crippen molar-refractivity contribution in [2.75, 3.05) is 5.32 Å². The number of ether oxygens (including phenoxy) is 1. The van der Waals surface area contributed by atoms with E-state index in [9.17, 15) is 24.0 Å². The molecule has 0 aliphatic carbocycles. The monoisotopic (exact) mass is 523 g/mol. The maximum absolute atomic E-state index is 13.3. The minimum absolute atomic E-state index is 0.0605. The molecular weight excluding hydrogens is 494 g/mol. The number of para-hydroxylation sites is 1. The summed E-state index contributed by atoms with van der Waals surface area (Å²) in [6.07, 6.45) is -0.286. The summed E-state index contributed by atoms with van der Waals surface area (Å²) in [6, 6.07) is 5.46. The Morgan fingerprint density at radius 1 is 1.21 bits per heavy atom. The van der Waals surface area contributed by atoms with E-state index in [4.69, 9.17) is 4.74 Å². The molecule has 1 aromatic carbocycles. The first-order chi connectivity index (χ1) is 17.8. The molecule has 1 aliphatic rings. The number of nitrogens with zero attached hydrogens (tertiary/aromatic N) is 4. The van der Waals surface area contributed by atoms with Crippen molar-refractivity contribution in [1.82, 2.24) is 30.0 Å². The van der Waals surface area contributed by atoms with E-state index in [1.807, 2.05) is 0 Å². The number of aromatic nitrogens is 4. The predicted octanol–water partition coefficient (Wildman–Crippen LogP) is 1.69. The molecule has 0 saturated carbocycles. The van der Waals surface area contributed by atoms with Crippen LogP contribution in [-0.4, -0.2) is 48.7 Å². The number of hydrogen-bond donors (Lipinski definition) is 3. The van der Waals surface area contributed by atoms with Crippen molar-refractivity contribution in [3.63, 3.8) is 0 Å². The smallest absolute Gasteiger partial charge is 0.407 e. The second-order valence-electron chi connectivity index (χ2n) is 9.96. The number of hydrogen-bond acceptors (Lipinski definition) is 8. The molecule has 13 heteroatoms. The summed E-state index contributed by atoms with van der Waals surface area (Å²) in [6.45, 7) is 6.91. The van der Waals surface area contributed by atoms with Crippen molar-refractivity contribution >= 4 is 40.4 Å². The van der Waals surface area contributed by atoms with E-state index < -0.39 is 35.1 Å². The normalized spacial score (nSPS) is 15.8. The fourth-order valence-corrected chi connectivity index (χ4v) is 4.21. The number of amides is 4. The first-order valence-corrected chi connectivity index (χ1v) is 12.0. The van der Waals surface area contributed by atoms with Gasteiger partial charge in [-0.05, 0) is 52.3 Å². The molecule has 1 atom stereocenters. The highest BCUT2D eigenvalue weighted by atomic mass is 16.6. The summed E-state index contributed by atoms with van der Waals surface area (Å²) >= 11 is 0. The van der Waals surface area contributed by atoms with Crippen LogP contribution in [0.3, 0.4) is 0 Å². The summed E-state index contributed by atoms with van der Waals surface area (Å²) in [5, 5.41) is 12.1. The van der Waals surface area contributed by atoms with Gasteiger partial charge < -0.3 is 15.4 Å². The van der Waals surface area contributed by atoms with Crippen molar-refractivity contribution in [3.05, 3.63) is 51.8 Å². The molecule has 38 heavy (non-hydrogen) atoms. The summed E-state index contributed by atoms with van der Waals surface area (Å²) in [7, 11) is 1.59. The van der Waals surface area contributed by atoms with E-state index in [1.165, 1.54) is 15.3 Å². The lowest BCUT2D eigenvalue weighted by atomic mass is 10.1. The molecule has 3 heterocycles. The molecule has 1 saturated heterocycles. The first kappa shape index (κ1) is 26.5. The molecule has 1 aliphatic heterocycles. The third-order valence-electron chi connectivity index (χ3n) is 5.85. The van der Waals surface area contributed by atoms with Crippen LogP contribution in [0.1, 0.15) is 61.7 Å². The van der Waals surface area contributed by atoms with E-state index in [1.54, 1.807) is 52.9 Å². The number of carbonyl (C=O) groups excluding carboxylic acids is 4. The van der Waals surface area contributed by atoms with E-state index >= 15 is 0 Å². The summed E-state index contributed by atoms with van der Waals surface area (Å²) in [4.78, 5) is 66.8. The van der Waals surface area contributed by atoms with Crippen LogP contribution in [-0.2, 0) is 27.9 Å². The molecule has 13 nitrogen and oxygen atoms in total. The Morgan fingerprint density at radius 2 is 1.95 bits per heavy atom. The van der Waals surface area contributed by atoms with Gasteiger partial charge in [0.15, 0.2) is 0 Å². The van der Waals surface area contributed by atoms with Crippen LogP contribution < -0.4 is 21.5 Å². The van der Waals surface area contributed by atoms with Gasteiger partial charge >= 0.3 is 6.09 Å². The Bertz CT molecular complexity index is 1510. The highest BCUT2D eigenvalue weighted by Gasteiger charge is 2.30. The van der Waals surface area contributed by atoms with E-state index in [0.717, 1.165) is 0 Å². The highest BCUT2D eigenvalue weighted by molar-refractivity contribution is 6.07. The quantitative estimate of drug-likeness (QED) is 0.425. The zero-order valence-electron chi connectivity index (χ0n) is 21.7. The molecule has 0 bridgehead atoms. The van der Waals surface area contributed by atoms with Crippen LogP contribution in [0.5, 0.6) is 0 Å². The SMILES string of the molecule is Cc1nc2c(NC(=O)c3cc(CNC(=O)OC(C)(C)C)nn3C)cccc2c(=O)n1C1CCC(=O)NC1=O. The number of fused-ring (bicyclic) bond motifs is 1. The Hall–Kier alpha value is -4.55. The zero-order chi connectivity index (χ0) is 27.8. The van der Waals surface area contributed by atoms with Crippen molar-refractivity contribution in [1.29, 1.82) is 0 Å². The number of carbonyl (C=O) groups is 4. The van der Waals surface area contributed by atoms with Crippen LogP contribution in [0.15, 0.2) is 29.1 Å². The third-order valence-corrected chi connectivity index (χ3v) is 5.85. The van der Waals surface area contributed by atoms with Crippen LogP contribution >= 0.6 is 0 Å². The van der Waals surface area contributed by atoms with Crippen molar-refractivity contribution in [2.24, 2.45) is 7.05 Å². The van der Waals surface area contributed by atoms with Gasteiger partial charge in [-0.3, -0.25) is 33.7 Å². The van der Waals surface area contributed by atoms with Crippen LogP contribution in [0, 0.1) is 6.92 Å². The minimum atomic E-state index is -0.850. The van der Waals surface area contributed by atoms with Crippen LogP contribution in [0.25, 0.3) is 10.9 Å². The van der Waals surface area contributed by atoms with E-state index in [0.29, 0.717) is 11.4 Å². The summed E-state index contributed by atoms with van der Waals surface area (Å²) in [5.74, 6) is -1.15. The zero-order valence-corrected chi connectivity index (χ0v) is 21.7. The summed E-state index contributed by atoms with van der Waals surface area (Å²) in [5.41, 5.74) is 0.140. The molecule has 0 spiro atoms. The lowest BCUT2D eigenvalue weighted by molar-refractivity contribution is -0.135. The Labute approximate surface area is 217 Å². The predicted molar refractivity (Wildman–Crippen MR) is 136 cm³/mol. The summed E-state index contributed by atoms with van der Waals surface area (Å²) < 4.78 is 7.86. The molecule has 4 rings (SSSR count). The minimum Gasteiger partial charge on any atom is -0.444 e. The maximum atomic E-state index is 13.3. The standard InChI is InChI=1S/C25H29N7O6/c1-13-27-20-15(23(36)32(13)17-9-10-19(33)29-21(17)34)7-6-8-16(20)28-22(35)18-11-14(30-31(18)5)12-26-24(37)38-25(2,3)4/h6-8,11,17H,9-10,12H2,1-5H3,(H,26,37)(H,28,35)(H,29,33,34). The van der Waals surface area contributed by atoms with Crippen LogP contribution in [0.4, 0.5) is 10.5 Å². The lowest BCUT2D eigenvalue weighted by Gasteiger charge is -2.24. The van der Waals surface area contributed by atoms with Gasteiger partial charge in [-0.15, -0.1) is 0 Å². The number of imide groups is 1. The lowest BCUT2D eigenvalue weighted by Crippen LogP contribution is -2.45. The van der Waals surface area contributed by atoms with E-state index in [2.05, 4.69) is 26.0 Å².